The molecule has 1 heterocycles. The molecule has 1 N–H and O–H groups in total. The number of aromatic nitrogens is 2. The summed E-state index contributed by atoms with van der Waals surface area (Å²) >= 11 is 3.68. The molecular formula is C16H26BrN3. The van der Waals surface area contributed by atoms with Crippen LogP contribution >= 0.6 is 15.9 Å². The van der Waals surface area contributed by atoms with E-state index >= 15 is 0 Å². The van der Waals surface area contributed by atoms with Crippen LogP contribution in [-0.2, 0) is 0 Å². The number of halogens is 1. The Morgan fingerprint density at radius 2 is 1.90 bits per heavy atom. The van der Waals surface area contributed by atoms with E-state index in [1.165, 1.54) is 32.1 Å². The minimum Gasteiger partial charge on any atom is -0.369 e. The molecule has 0 atom stereocenters. The first-order chi connectivity index (χ1) is 9.63. The smallest absolute Gasteiger partial charge is 0.144 e. The quantitative estimate of drug-likeness (QED) is 0.797. The molecule has 0 amide bonds. The Hall–Kier alpha value is -0.640. The molecule has 1 aromatic rings. The highest BCUT2D eigenvalue weighted by molar-refractivity contribution is 9.10. The second-order valence-corrected chi connectivity index (χ2v) is 6.84. The highest BCUT2D eigenvalue weighted by Crippen LogP contribution is 2.35. The second-order valence-electron chi connectivity index (χ2n) is 6.05. The summed E-state index contributed by atoms with van der Waals surface area (Å²) in [6, 6.07) is 0. The molecule has 3 nitrogen and oxygen atoms in total. The lowest BCUT2D eigenvalue weighted by Crippen LogP contribution is -2.14. The predicted molar refractivity (Wildman–Crippen MR) is 88.4 cm³/mol. The van der Waals surface area contributed by atoms with E-state index in [0.717, 1.165) is 34.8 Å². The Bertz CT molecular complexity index is 440. The fourth-order valence-corrected chi connectivity index (χ4v) is 3.54. The lowest BCUT2D eigenvalue weighted by molar-refractivity contribution is 0.427. The molecule has 20 heavy (non-hydrogen) atoms. The van der Waals surface area contributed by atoms with E-state index in [1.54, 1.807) is 0 Å². The summed E-state index contributed by atoms with van der Waals surface area (Å²) in [5.41, 5.74) is 1.14. The van der Waals surface area contributed by atoms with Crippen LogP contribution in [0.25, 0.3) is 0 Å². The van der Waals surface area contributed by atoms with Gasteiger partial charge in [0.2, 0.25) is 0 Å². The van der Waals surface area contributed by atoms with Gasteiger partial charge in [0.05, 0.1) is 10.2 Å². The average Bonchev–Trinajstić information content (AvgIpc) is 2.46. The van der Waals surface area contributed by atoms with Crippen molar-refractivity contribution in [2.24, 2.45) is 0 Å². The monoisotopic (exact) mass is 339 g/mol. The van der Waals surface area contributed by atoms with Crippen LogP contribution in [-0.4, -0.2) is 16.5 Å². The van der Waals surface area contributed by atoms with Crippen LogP contribution in [0.3, 0.4) is 0 Å². The molecule has 0 saturated heterocycles. The maximum Gasteiger partial charge on any atom is 0.144 e. The second kappa shape index (κ2) is 7.39. The summed E-state index contributed by atoms with van der Waals surface area (Å²) in [6.45, 7) is 7.52. The van der Waals surface area contributed by atoms with Crippen molar-refractivity contribution in [2.45, 2.75) is 71.1 Å². The molecule has 112 valence electrons. The van der Waals surface area contributed by atoms with Crippen LogP contribution in [0.4, 0.5) is 5.82 Å². The largest absolute Gasteiger partial charge is 0.369 e. The molecule has 2 rings (SSSR count). The molecule has 0 spiro atoms. The molecule has 1 saturated carbocycles. The number of hydrogen-bond acceptors (Lipinski definition) is 3. The molecule has 1 fully saturated rings. The molecular weight excluding hydrogens is 314 g/mol. The number of anilines is 1. The zero-order chi connectivity index (χ0) is 14.5. The Morgan fingerprint density at radius 3 is 2.50 bits per heavy atom. The van der Waals surface area contributed by atoms with E-state index in [4.69, 9.17) is 9.97 Å². The van der Waals surface area contributed by atoms with Gasteiger partial charge < -0.3 is 5.32 Å². The topological polar surface area (TPSA) is 37.8 Å². The van der Waals surface area contributed by atoms with Crippen LogP contribution in [0.1, 0.15) is 82.7 Å². The van der Waals surface area contributed by atoms with Crippen molar-refractivity contribution in [1.29, 1.82) is 0 Å². The molecule has 0 aliphatic heterocycles. The van der Waals surface area contributed by atoms with E-state index in [1.807, 2.05) is 0 Å². The summed E-state index contributed by atoms with van der Waals surface area (Å²) in [4.78, 5) is 9.67. The first-order valence-corrected chi connectivity index (χ1v) is 8.74. The highest BCUT2D eigenvalue weighted by atomic mass is 79.9. The summed E-state index contributed by atoms with van der Waals surface area (Å²) < 4.78 is 1.04. The van der Waals surface area contributed by atoms with E-state index in [0.29, 0.717) is 11.8 Å². The Balaban J connectivity index is 2.32. The molecule has 0 radical (unpaired) electrons. The van der Waals surface area contributed by atoms with Gasteiger partial charge in [-0.1, -0.05) is 40.0 Å². The minimum absolute atomic E-state index is 0.414. The van der Waals surface area contributed by atoms with Gasteiger partial charge in [-0.3, -0.25) is 0 Å². The van der Waals surface area contributed by atoms with Gasteiger partial charge in [0.25, 0.3) is 0 Å². The van der Waals surface area contributed by atoms with E-state index in [9.17, 15) is 0 Å². The molecule has 0 unspecified atom stereocenters. The van der Waals surface area contributed by atoms with Gasteiger partial charge in [-0.15, -0.1) is 0 Å². The molecule has 4 heteroatoms. The standard InChI is InChI=1S/C16H26BrN3/c1-4-10-18-16-13(17)14(11(2)3)19-15(20-16)12-8-6-5-7-9-12/h11-12H,4-10H2,1-3H3,(H,18,19,20). The fourth-order valence-electron chi connectivity index (χ4n) is 2.77. The average molecular weight is 340 g/mol. The van der Waals surface area contributed by atoms with Crippen molar-refractivity contribution < 1.29 is 0 Å². The van der Waals surface area contributed by atoms with Gasteiger partial charge in [-0.2, -0.15) is 0 Å². The van der Waals surface area contributed by atoms with E-state index < -0.39 is 0 Å². The van der Waals surface area contributed by atoms with Crippen molar-refractivity contribution in [3.8, 4) is 0 Å². The Kier molecular flexibility index (Phi) is 5.82. The zero-order valence-corrected chi connectivity index (χ0v) is 14.5. The van der Waals surface area contributed by atoms with Gasteiger partial charge in [0, 0.05) is 12.5 Å². The highest BCUT2D eigenvalue weighted by Gasteiger charge is 2.22. The third-order valence-electron chi connectivity index (χ3n) is 3.95. The predicted octanol–water partition coefficient (Wildman–Crippen LogP) is 5.23. The van der Waals surface area contributed by atoms with Crippen LogP contribution in [0, 0.1) is 0 Å². The third-order valence-corrected chi connectivity index (χ3v) is 4.74. The van der Waals surface area contributed by atoms with Crippen molar-refractivity contribution >= 4 is 21.7 Å². The lowest BCUT2D eigenvalue weighted by Gasteiger charge is -2.23. The maximum atomic E-state index is 4.87. The number of hydrogen-bond donors (Lipinski definition) is 1. The van der Waals surface area contributed by atoms with Crippen LogP contribution in [0.5, 0.6) is 0 Å². The molecule has 0 aromatic carbocycles. The van der Waals surface area contributed by atoms with Crippen LogP contribution in [0.15, 0.2) is 4.47 Å². The lowest BCUT2D eigenvalue weighted by atomic mass is 9.88. The van der Waals surface area contributed by atoms with Crippen LogP contribution < -0.4 is 5.32 Å². The van der Waals surface area contributed by atoms with Gasteiger partial charge in [-0.05, 0) is 41.1 Å². The number of nitrogens with zero attached hydrogens (tertiary/aromatic N) is 2. The molecule has 0 bridgehead atoms. The van der Waals surface area contributed by atoms with Crippen molar-refractivity contribution in [1.82, 2.24) is 9.97 Å². The van der Waals surface area contributed by atoms with Gasteiger partial charge in [-0.25, -0.2) is 9.97 Å². The van der Waals surface area contributed by atoms with Crippen molar-refractivity contribution in [3.63, 3.8) is 0 Å². The third kappa shape index (κ3) is 3.72. The fraction of sp³-hybridized carbons (Fsp3) is 0.750. The van der Waals surface area contributed by atoms with Crippen molar-refractivity contribution in [3.05, 3.63) is 16.0 Å². The van der Waals surface area contributed by atoms with Crippen molar-refractivity contribution in [2.75, 3.05) is 11.9 Å². The zero-order valence-electron chi connectivity index (χ0n) is 12.9. The number of nitrogens with one attached hydrogen (secondary N) is 1. The summed E-state index contributed by atoms with van der Waals surface area (Å²) in [5, 5.41) is 3.44. The maximum absolute atomic E-state index is 4.87. The minimum atomic E-state index is 0.414. The summed E-state index contributed by atoms with van der Waals surface area (Å²) in [6.07, 6.45) is 7.59. The van der Waals surface area contributed by atoms with Gasteiger partial charge in [0.1, 0.15) is 11.6 Å². The first kappa shape index (κ1) is 15.7. The molecule has 1 aliphatic rings. The summed E-state index contributed by atoms with van der Waals surface area (Å²) in [5.74, 6) is 3.00. The Morgan fingerprint density at radius 1 is 1.20 bits per heavy atom. The van der Waals surface area contributed by atoms with Crippen LogP contribution in [0.2, 0.25) is 0 Å². The van der Waals surface area contributed by atoms with Gasteiger partial charge >= 0.3 is 0 Å². The van der Waals surface area contributed by atoms with E-state index in [2.05, 4.69) is 42.0 Å². The van der Waals surface area contributed by atoms with E-state index in [-0.39, 0.29) is 0 Å². The van der Waals surface area contributed by atoms with Gasteiger partial charge in [0.15, 0.2) is 0 Å². The molecule has 1 aromatic heterocycles. The Labute approximate surface area is 131 Å². The first-order valence-electron chi connectivity index (χ1n) is 7.94. The molecule has 1 aliphatic carbocycles. The summed E-state index contributed by atoms with van der Waals surface area (Å²) in [7, 11) is 0. The number of rotatable bonds is 5. The normalized spacial score (nSPS) is 16.6. The SMILES string of the molecule is CCCNc1nc(C2CCCCC2)nc(C(C)C)c1Br.